The molecule has 0 spiro atoms. The van der Waals surface area contributed by atoms with Gasteiger partial charge in [-0.05, 0) is 59.7 Å². The van der Waals surface area contributed by atoms with Gasteiger partial charge in [0.2, 0.25) is 0 Å². The van der Waals surface area contributed by atoms with Crippen LogP contribution in [-0.2, 0) is 11.4 Å². The second-order valence-corrected chi connectivity index (χ2v) is 8.05. The highest BCUT2D eigenvalue weighted by Crippen LogP contribution is 2.34. The Balaban J connectivity index is 1.66. The van der Waals surface area contributed by atoms with E-state index in [0.29, 0.717) is 33.3 Å². The van der Waals surface area contributed by atoms with Crippen molar-refractivity contribution in [3.63, 3.8) is 0 Å². The predicted octanol–water partition coefficient (Wildman–Crippen LogP) is 6.28. The lowest BCUT2D eigenvalue weighted by atomic mass is 10.2. The van der Waals surface area contributed by atoms with Gasteiger partial charge in [0.1, 0.15) is 18.2 Å². The van der Waals surface area contributed by atoms with E-state index in [9.17, 15) is 14.0 Å². The van der Waals surface area contributed by atoms with Gasteiger partial charge in [0, 0.05) is 6.54 Å². The van der Waals surface area contributed by atoms with Crippen LogP contribution < -0.4 is 4.74 Å². The molecule has 2 amide bonds. The highest BCUT2D eigenvalue weighted by Gasteiger charge is 2.34. The van der Waals surface area contributed by atoms with Crippen LogP contribution in [0, 0.1) is 5.82 Å². The third-order valence-electron chi connectivity index (χ3n) is 4.40. The van der Waals surface area contributed by atoms with Crippen LogP contribution in [0.15, 0.2) is 47.4 Å². The molecule has 0 unspecified atom stereocenters. The van der Waals surface area contributed by atoms with E-state index in [4.69, 9.17) is 16.3 Å². The molecule has 0 radical (unpaired) electrons. The summed E-state index contributed by atoms with van der Waals surface area (Å²) < 4.78 is 18.9. The maximum atomic E-state index is 13.2. The van der Waals surface area contributed by atoms with Crippen molar-refractivity contribution >= 4 is 40.6 Å². The first-order valence-electron chi connectivity index (χ1n) is 9.40. The molecule has 1 aliphatic heterocycles. The second-order valence-electron chi connectivity index (χ2n) is 6.65. The summed E-state index contributed by atoms with van der Waals surface area (Å²) in [5, 5.41) is 0.135. The predicted molar refractivity (Wildman–Crippen MR) is 114 cm³/mol. The van der Waals surface area contributed by atoms with E-state index in [0.717, 1.165) is 31.0 Å². The number of hydrogen-bond donors (Lipinski definition) is 0. The third kappa shape index (κ3) is 5.61. The van der Waals surface area contributed by atoms with Gasteiger partial charge in [-0.2, -0.15) is 0 Å². The standard InChI is InChI=1S/C22H21ClFNO3S/c1-2-3-4-10-25-21(26)20(29-22(25)27)13-15-8-9-19(18(23)12-15)28-14-16-6-5-7-17(24)11-16/h5-9,11-13H,2-4,10,14H2,1H3/b20-13-. The molecule has 2 aromatic carbocycles. The topological polar surface area (TPSA) is 46.6 Å². The van der Waals surface area contributed by atoms with Crippen molar-refractivity contribution in [1.29, 1.82) is 0 Å². The Morgan fingerprint density at radius 3 is 2.72 bits per heavy atom. The number of halogens is 2. The normalized spacial score (nSPS) is 15.4. The number of carbonyl (C=O) groups excluding carboxylic acids is 2. The average Bonchev–Trinajstić information content (AvgIpc) is 2.95. The average molecular weight is 434 g/mol. The lowest BCUT2D eigenvalue weighted by Crippen LogP contribution is -2.29. The first-order valence-corrected chi connectivity index (χ1v) is 10.6. The van der Waals surface area contributed by atoms with Crippen molar-refractivity contribution in [2.24, 2.45) is 0 Å². The van der Waals surface area contributed by atoms with E-state index >= 15 is 0 Å². The maximum absolute atomic E-state index is 13.2. The summed E-state index contributed by atoms with van der Waals surface area (Å²) in [6.45, 7) is 2.71. The summed E-state index contributed by atoms with van der Waals surface area (Å²) in [7, 11) is 0. The fourth-order valence-electron chi connectivity index (χ4n) is 2.88. The number of hydrogen-bond acceptors (Lipinski definition) is 4. The third-order valence-corrected chi connectivity index (χ3v) is 5.60. The van der Waals surface area contributed by atoms with Crippen LogP contribution in [0.5, 0.6) is 5.75 Å². The molecule has 0 saturated carbocycles. The highest BCUT2D eigenvalue weighted by molar-refractivity contribution is 8.18. The van der Waals surface area contributed by atoms with E-state index in [1.54, 1.807) is 36.4 Å². The van der Waals surface area contributed by atoms with Gasteiger partial charge in [-0.1, -0.05) is 49.6 Å². The number of carbonyl (C=O) groups is 2. The van der Waals surface area contributed by atoms with Crippen LogP contribution >= 0.6 is 23.4 Å². The zero-order valence-electron chi connectivity index (χ0n) is 16.0. The molecule has 0 aromatic heterocycles. The van der Waals surface area contributed by atoms with Crippen molar-refractivity contribution in [3.05, 3.63) is 69.3 Å². The summed E-state index contributed by atoms with van der Waals surface area (Å²) in [6.07, 6.45) is 4.48. The van der Waals surface area contributed by atoms with Crippen molar-refractivity contribution in [2.75, 3.05) is 6.54 Å². The highest BCUT2D eigenvalue weighted by atomic mass is 35.5. The van der Waals surface area contributed by atoms with Gasteiger partial charge in [-0.25, -0.2) is 4.39 Å². The van der Waals surface area contributed by atoms with Crippen molar-refractivity contribution < 1.29 is 18.7 Å². The van der Waals surface area contributed by atoms with Gasteiger partial charge in [0.25, 0.3) is 11.1 Å². The van der Waals surface area contributed by atoms with E-state index in [2.05, 4.69) is 6.92 Å². The molecule has 152 valence electrons. The van der Waals surface area contributed by atoms with E-state index in [1.165, 1.54) is 17.0 Å². The van der Waals surface area contributed by atoms with Crippen LogP contribution in [0.4, 0.5) is 9.18 Å². The van der Waals surface area contributed by atoms with Crippen LogP contribution in [0.2, 0.25) is 5.02 Å². The lowest BCUT2D eigenvalue weighted by molar-refractivity contribution is -0.122. The number of imide groups is 1. The van der Waals surface area contributed by atoms with Crippen LogP contribution in [0.1, 0.15) is 37.3 Å². The Hall–Kier alpha value is -2.31. The fourth-order valence-corrected chi connectivity index (χ4v) is 3.98. The summed E-state index contributed by atoms with van der Waals surface area (Å²) in [6, 6.07) is 11.3. The number of thioether (sulfide) groups is 1. The van der Waals surface area contributed by atoms with E-state index < -0.39 is 0 Å². The molecule has 0 aliphatic carbocycles. The first kappa shape index (κ1) is 21.4. The largest absolute Gasteiger partial charge is 0.487 e. The molecule has 7 heteroatoms. The molecular weight excluding hydrogens is 413 g/mol. The Labute approximate surface area is 178 Å². The van der Waals surface area contributed by atoms with Crippen LogP contribution in [-0.4, -0.2) is 22.6 Å². The fraction of sp³-hybridized carbons (Fsp3) is 0.273. The Morgan fingerprint density at radius 2 is 2.00 bits per heavy atom. The van der Waals surface area contributed by atoms with Crippen molar-refractivity contribution in [1.82, 2.24) is 4.90 Å². The van der Waals surface area contributed by atoms with Gasteiger partial charge in [0.15, 0.2) is 0 Å². The van der Waals surface area contributed by atoms with Crippen molar-refractivity contribution in [3.8, 4) is 5.75 Å². The number of amides is 2. The molecule has 1 heterocycles. The summed E-state index contributed by atoms with van der Waals surface area (Å²) in [5.41, 5.74) is 1.40. The first-order chi connectivity index (χ1) is 14.0. The molecule has 1 saturated heterocycles. The van der Waals surface area contributed by atoms with Crippen LogP contribution in [0.25, 0.3) is 6.08 Å². The monoisotopic (exact) mass is 433 g/mol. The molecule has 4 nitrogen and oxygen atoms in total. The van der Waals surface area contributed by atoms with Gasteiger partial charge >= 0.3 is 0 Å². The number of benzene rings is 2. The Morgan fingerprint density at radius 1 is 1.17 bits per heavy atom. The second kappa shape index (κ2) is 9.94. The summed E-state index contributed by atoms with van der Waals surface area (Å²) >= 11 is 7.24. The number of nitrogens with zero attached hydrogens (tertiary/aromatic N) is 1. The molecule has 0 atom stereocenters. The van der Waals surface area contributed by atoms with Gasteiger partial charge in [-0.3, -0.25) is 14.5 Å². The lowest BCUT2D eigenvalue weighted by Gasteiger charge is -2.11. The van der Waals surface area contributed by atoms with Crippen LogP contribution in [0.3, 0.4) is 0 Å². The molecule has 0 N–H and O–H groups in total. The van der Waals surface area contributed by atoms with Crippen molar-refractivity contribution in [2.45, 2.75) is 32.8 Å². The SMILES string of the molecule is CCCCCN1C(=O)S/C(=C\c2ccc(OCc3cccc(F)c3)c(Cl)c2)C1=O. The Bertz CT molecular complexity index is 947. The van der Waals surface area contributed by atoms with Gasteiger partial charge < -0.3 is 4.74 Å². The molecule has 1 fully saturated rings. The molecule has 0 bridgehead atoms. The Kier molecular flexibility index (Phi) is 7.34. The summed E-state index contributed by atoms with van der Waals surface area (Å²) in [4.78, 5) is 26.3. The number of ether oxygens (including phenoxy) is 1. The zero-order valence-corrected chi connectivity index (χ0v) is 17.6. The zero-order chi connectivity index (χ0) is 20.8. The minimum Gasteiger partial charge on any atom is -0.487 e. The minimum absolute atomic E-state index is 0.188. The maximum Gasteiger partial charge on any atom is 0.293 e. The molecule has 1 aliphatic rings. The number of rotatable bonds is 8. The van der Waals surface area contributed by atoms with E-state index in [1.807, 2.05) is 0 Å². The quantitative estimate of drug-likeness (QED) is 0.363. The van der Waals surface area contributed by atoms with E-state index in [-0.39, 0.29) is 23.6 Å². The molecule has 2 aromatic rings. The summed E-state index contributed by atoms with van der Waals surface area (Å²) in [5.74, 6) is -0.129. The smallest absolute Gasteiger partial charge is 0.293 e. The molecule has 29 heavy (non-hydrogen) atoms. The molecule has 3 rings (SSSR count). The molecular formula is C22H21ClFNO3S. The van der Waals surface area contributed by atoms with Gasteiger partial charge in [0.05, 0.1) is 9.93 Å². The van der Waals surface area contributed by atoms with Gasteiger partial charge in [-0.15, -0.1) is 0 Å². The minimum atomic E-state index is -0.323. The number of unbranched alkanes of at least 4 members (excludes halogenated alkanes) is 2.